The minimum Gasteiger partial charge on any atom is -0.406 e. The van der Waals surface area contributed by atoms with E-state index in [2.05, 4.69) is 21.5 Å². The van der Waals surface area contributed by atoms with Gasteiger partial charge in [0, 0.05) is 12.3 Å². The molecule has 4 rings (SSSR count). The summed E-state index contributed by atoms with van der Waals surface area (Å²) in [5, 5.41) is 9.49. The van der Waals surface area contributed by atoms with Gasteiger partial charge < -0.3 is 4.74 Å². The highest BCUT2D eigenvalue weighted by atomic mass is 32.2. The molecule has 30 heavy (non-hydrogen) atoms. The summed E-state index contributed by atoms with van der Waals surface area (Å²) in [5.74, 6) is 0.570. The molecule has 0 amide bonds. The average Bonchev–Trinajstić information content (AvgIpc) is 3.13. The van der Waals surface area contributed by atoms with Crippen LogP contribution in [-0.2, 0) is 12.3 Å². The second kappa shape index (κ2) is 7.86. The van der Waals surface area contributed by atoms with Crippen molar-refractivity contribution in [1.82, 2.24) is 19.2 Å². The van der Waals surface area contributed by atoms with E-state index in [0.717, 1.165) is 5.56 Å². The van der Waals surface area contributed by atoms with Crippen LogP contribution in [0, 0.1) is 0 Å². The molecule has 0 saturated heterocycles. The molecular formula is C20H15F3N4O2S. The number of nitrogens with zero attached hydrogens (tertiary/aromatic N) is 4. The van der Waals surface area contributed by atoms with Crippen LogP contribution in [0.2, 0.25) is 0 Å². The maximum atomic E-state index is 12.8. The number of fused-ring (bicyclic) bond motifs is 3. The number of alkyl halides is 3. The van der Waals surface area contributed by atoms with Crippen molar-refractivity contribution < 1.29 is 17.9 Å². The van der Waals surface area contributed by atoms with E-state index in [1.54, 1.807) is 34.7 Å². The van der Waals surface area contributed by atoms with Crippen molar-refractivity contribution >= 4 is 28.4 Å². The van der Waals surface area contributed by atoms with Crippen LogP contribution in [0.5, 0.6) is 5.75 Å². The lowest BCUT2D eigenvalue weighted by Crippen LogP contribution is -2.22. The fraction of sp³-hybridized carbons (Fsp3) is 0.150. The Bertz CT molecular complexity index is 1280. The highest BCUT2D eigenvalue weighted by molar-refractivity contribution is 7.98. The van der Waals surface area contributed by atoms with Gasteiger partial charge in [0.1, 0.15) is 5.75 Å². The van der Waals surface area contributed by atoms with Crippen LogP contribution in [-0.4, -0.2) is 25.5 Å². The van der Waals surface area contributed by atoms with Crippen LogP contribution in [0.25, 0.3) is 16.7 Å². The van der Waals surface area contributed by atoms with Crippen LogP contribution < -0.4 is 10.3 Å². The third-order valence-corrected chi connectivity index (χ3v) is 5.31. The van der Waals surface area contributed by atoms with Crippen molar-refractivity contribution in [3.8, 4) is 5.75 Å². The van der Waals surface area contributed by atoms with E-state index in [9.17, 15) is 18.0 Å². The molecule has 0 N–H and O–H groups in total. The number of rotatable bonds is 6. The largest absolute Gasteiger partial charge is 0.573 e. The van der Waals surface area contributed by atoms with E-state index in [0.29, 0.717) is 27.6 Å². The molecule has 0 saturated carbocycles. The third kappa shape index (κ3) is 3.90. The van der Waals surface area contributed by atoms with Gasteiger partial charge in [0.15, 0.2) is 5.16 Å². The molecule has 2 aromatic heterocycles. The normalized spacial score (nSPS) is 11.8. The van der Waals surface area contributed by atoms with Gasteiger partial charge in [-0.2, -0.15) is 0 Å². The van der Waals surface area contributed by atoms with E-state index in [1.165, 1.54) is 28.5 Å². The predicted molar refractivity (Wildman–Crippen MR) is 108 cm³/mol. The Labute approximate surface area is 172 Å². The summed E-state index contributed by atoms with van der Waals surface area (Å²) >= 11 is 1.36. The summed E-state index contributed by atoms with van der Waals surface area (Å²) in [6.45, 7) is 3.98. The molecule has 2 heterocycles. The molecule has 10 heteroatoms. The minimum atomic E-state index is -4.72. The number of halogens is 3. The van der Waals surface area contributed by atoms with E-state index in [1.807, 2.05) is 12.1 Å². The Kier molecular flexibility index (Phi) is 5.25. The summed E-state index contributed by atoms with van der Waals surface area (Å²) in [7, 11) is 0. The molecule has 0 fully saturated rings. The van der Waals surface area contributed by atoms with Crippen molar-refractivity contribution in [3.63, 3.8) is 0 Å². The lowest BCUT2D eigenvalue weighted by molar-refractivity contribution is -0.274. The maximum Gasteiger partial charge on any atom is 0.573 e. The third-order valence-electron chi connectivity index (χ3n) is 4.31. The van der Waals surface area contributed by atoms with Gasteiger partial charge in [-0.3, -0.25) is 13.8 Å². The summed E-state index contributed by atoms with van der Waals surface area (Å²) < 4.78 is 44.1. The van der Waals surface area contributed by atoms with Crippen LogP contribution >= 0.6 is 11.8 Å². The topological polar surface area (TPSA) is 61.4 Å². The Morgan fingerprint density at radius 1 is 1.10 bits per heavy atom. The standard InChI is InChI=1S/C20H15F3N4O2S/c1-2-11-26-17(28)15-5-3-4-6-16(15)27-18(26)24-25-19(27)30-12-13-7-9-14(10-8-13)29-20(21,22)23/h2-10H,1,11-12H2. The lowest BCUT2D eigenvalue weighted by Gasteiger charge is -2.10. The van der Waals surface area contributed by atoms with Crippen LogP contribution in [0.15, 0.2) is 71.1 Å². The number of para-hydroxylation sites is 1. The molecule has 2 aromatic carbocycles. The van der Waals surface area contributed by atoms with Gasteiger partial charge in [0.2, 0.25) is 5.78 Å². The molecule has 0 bridgehead atoms. The number of thioether (sulfide) groups is 1. The molecule has 154 valence electrons. The lowest BCUT2D eigenvalue weighted by atomic mass is 10.2. The van der Waals surface area contributed by atoms with Gasteiger partial charge in [-0.15, -0.1) is 29.9 Å². The number of aromatic nitrogens is 4. The Balaban J connectivity index is 1.67. The van der Waals surface area contributed by atoms with Gasteiger partial charge in [0.25, 0.3) is 5.56 Å². The number of hydrogen-bond donors (Lipinski definition) is 0. The minimum absolute atomic E-state index is 0.179. The number of allylic oxidation sites excluding steroid dienone is 1. The second-order valence-corrected chi connectivity index (χ2v) is 7.26. The highest BCUT2D eigenvalue weighted by Crippen LogP contribution is 2.27. The zero-order valence-corrected chi connectivity index (χ0v) is 16.3. The Morgan fingerprint density at radius 2 is 1.83 bits per heavy atom. The van der Waals surface area contributed by atoms with Gasteiger partial charge in [-0.05, 0) is 29.8 Å². The van der Waals surface area contributed by atoms with E-state index in [4.69, 9.17) is 0 Å². The molecule has 4 aromatic rings. The van der Waals surface area contributed by atoms with Crippen molar-refractivity contribution in [2.24, 2.45) is 0 Å². The van der Waals surface area contributed by atoms with Gasteiger partial charge >= 0.3 is 6.36 Å². The van der Waals surface area contributed by atoms with Crippen molar-refractivity contribution in [1.29, 1.82) is 0 Å². The molecule has 0 atom stereocenters. The summed E-state index contributed by atoms with van der Waals surface area (Å²) in [6, 6.07) is 12.8. The quantitative estimate of drug-likeness (QED) is 0.333. The number of ether oxygens (including phenoxy) is 1. The van der Waals surface area contributed by atoms with E-state index >= 15 is 0 Å². The first-order valence-electron chi connectivity index (χ1n) is 8.82. The molecule has 0 aliphatic heterocycles. The Morgan fingerprint density at radius 3 is 2.53 bits per heavy atom. The molecule has 0 radical (unpaired) electrons. The van der Waals surface area contributed by atoms with Gasteiger partial charge in [-0.25, -0.2) is 0 Å². The van der Waals surface area contributed by atoms with Crippen molar-refractivity contribution in [2.45, 2.75) is 23.8 Å². The first-order chi connectivity index (χ1) is 14.4. The van der Waals surface area contributed by atoms with Gasteiger partial charge in [-0.1, -0.05) is 42.1 Å². The molecule has 6 nitrogen and oxygen atoms in total. The number of benzene rings is 2. The Hall–Kier alpha value is -3.27. The second-order valence-electron chi connectivity index (χ2n) is 6.32. The average molecular weight is 432 g/mol. The molecule has 0 spiro atoms. The zero-order chi connectivity index (χ0) is 21.3. The smallest absolute Gasteiger partial charge is 0.406 e. The molecule has 0 unspecified atom stereocenters. The first-order valence-corrected chi connectivity index (χ1v) is 9.81. The monoisotopic (exact) mass is 432 g/mol. The van der Waals surface area contributed by atoms with Gasteiger partial charge in [0.05, 0.1) is 10.9 Å². The number of hydrogen-bond acceptors (Lipinski definition) is 5. The van der Waals surface area contributed by atoms with Crippen LogP contribution in [0.1, 0.15) is 5.56 Å². The summed E-state index contributed by atoms with van der Waals surface area (Å²) in [4.78, 5) is 12.8. The van der Waals surface area contributed by atoms with Crippen LogP contribution in [0.4, 0.5) is 13.2 Å². The van der Waals surface area contributed by atoms with E-state index < -0.39 is 6.36 Å². The maximum absolute atomic E-state index is 12.8. The van der Waals surface area contributed by atoms with Crippen molar-refractivity contribution in [3.05, 3.63) is 77.1 Å². The fourth-order valence-corrected chi connectivity index (χ4v) is 3.95. The summed E-state index contributed by atoms with van der Waals surface area (Å²) in [5.41, 5.74) is 1.29. The highest BCUT2D eigenvalue weighted by Gasteiger charge is 2.30. The fourth-order valence-electron chi connectivity index (χ4n) is 3.06. The van der Waals surface area contributed by atoms with Crippen molar-refractivity contribution in [2.75, 3.05) is 0 Å². The first kappa shape index (κ1) is 20.0. The molecule has 0 aliphatic carbocycles. The predicted octanol–water partition coefficient (Wildman–Crippen LogP) is 4.42. The SMILES string of the molecule is C=CCn1c(=O)c2ccccc2n2c(SCc3ccc(OC(F)(F)F)cc3)nnc12. The molecule has 0 aliphatic rings. The summed E-state index contributed by atoms with van der Waals surface area (Å²) in [6.07, 6.45) is -3.11. The van der Waals surface area contributed by atoms with E-state index in [-0.39, 0.29) is 17.9 Å². The molecular weight excluding hydrogens is 417 g/mol. The zero-order valence-electron chi connectivity index (χ0n) is 15.5. The van der Waals surface area contributed by atoms with Crippen LogP contribution in [0.3, 0.4) is 0 Å².